The number of carbonyl (C=O) groups excluding carboxylic acids is 2. The molecule has 0 saturated heterocycles. The van der Waals surface area contributed by atoms with Crippen LogP contribution >= 0.6 is 0 Å². The molecule has 0 amide bonds. The Labute approximate surface area is 146 Å². The number of aryl methyl sites for hydroxylation is 2. The second kappa shape index (κ2) is 7.43. The maximum absolute atomic E-state index is 12.8. The Morgan fingerprint density at radius 3 is 2.56 bits per heavy atom. The highest BCUT2D eigenvalue weighted by molar-refractivity contribution is 6.01. The Hall–Kier alpha value is -2.75. The molecule has 0 bridgehead atoms. The third-order valence-corrected chi connectivity index (χ3v) is 4.33. The minimum atomic E-state index is -0.857. The van der Waals surface area contributed by atoms with Crippen LogP contribution in [0.25, 0.3) is 6.08 Å². The molecule has 128 valence electrons. The quantitative estimate of drug-likeness (QED) is 0.467. The van der Waals surface area contributed by atoms with Gasteiger partial charge < -0.3 is 4.74 Å². The highest BCUT2D eigenvalue weighted by atomic mass is 19.1. The summed E-state index contributed by atoms with van der Waals surface area (Å²) in [6.07, 6.45) is 5.07. The summed E-state index contributed by atoms with van der Waals surface area (Å²) in [5.41, 5.74) is 3.75. The molecular weight excluding hydrogens is 319 g/mol. The molecule has 0 spiro atoms. The zero-order valence-electron chi connectivity index (χ0n) is 14.0. The third kappa shape index (κ3) is 4.21. The molecule has 0 aliphatic heterocycles. The van der Waals surface area contributed by atoms with Gasteiger partial charge in [-0.25, -0.2) is 9.18 Å². The van der Waals surface area contributed by atoms with Crippen LogP contribution in [0.2, 0.25) is 0 Å². The number of halogens is 1. The van der Waals surface area contributed by atoms with Crippen LogP contribution in [0.3, 0.4) is 0 Å². The van der Waals surface area contributed by atoms with Crippen molar-refractivity contribution in [3.05, 3.63) is 76.6 Å². The molecule has 0 unspecified atom stereocenters. The molecule has 1 aliphatic rings. The molecule has 0 saturated carbocycles. The summed E-state index contributed by atoms with van der Waals surface area (Å²) >= 11 is 0. The zero-order chi connectivity index (χ0) is 17.8. The van der Waals surface area contributed by atoms with Crippen molar-refractivity contribution in [2.75, 3.05) is 0 Å². The average molecular weight is 338 g/mol. The monoisotopic (exact) mass is 338 g/mol. The zero-order valence-corrected chi connectivity index (χ0v) is 14.0. The molecule has 0 N–H and O–H groups in total. The van der Waals surface area contributed by atoms with E-state index < -0.39 is 12.1 Å². The predicted octanol–water partition coefficient (Wildman–Crippen LogP) is 4.14. The number of fused-ring (bicyclic) bond motifs is 1. The maximum atomic E-state index is 12.8. The Balaban J connectivity index is 1.61. The van der Waals surface area contributed by atoms with Crippen LogP contribution in [0.5, 0.6) is 0 Å². The van der Waals surface area contributed by atoms with Gasteiger partial charge in [-0.2, -0.15) is 0 Å². The van der Waals surface area contributed by atoms with Crippen molar-refractivity contribution in [1.29, 1.82) is 0 Å². The normalized spacial score (nSPS) is 14.3. The molecule has 0 radical (unpaired) electrons. The number of hydrogen-bond donors (Lipinski definition) is 0. The van der Waals surface area contributed by atoms with Crippen LogP contribution in [0.1, 0.15) is 40.4 Å². The Kier molecular flexibility index (Phi) is 5.08. The molecule has 25 heavy (non-hydrogen) atoms. The van der Waals surface area contributed by atoms with E-state index in [-0.39, 0.29) is 11.6 Å². The molecular formula is C21H19FO3. The van der Waals surface area contributed by atoms with Gasteiger partial charge in [0.1, 0.15) is 5.82 Å². The van der Waals surface area contributed by atoms with Gasteiger partial charge in [0.25, 0.3) is 0 Å². The second-order valence-electron chi connectivity index (χ2n) is 6.17. The summed E-state index contributed by atoms with van der Waals surface area (Å²) in [5.74, 6) is -1.15. The van der Waals surface area contributed by atoms with E-state index >= 15 is 0 Å². The molecule has 0 fully saturated rings. The first-order valence-electron chi connectivity index (χ1n) is 8.33. The first-order valence-corrected chi connectivity index (χ1v) is 8.33. The lowest BCUT2D eigenvalue weighted by Crippen LogP contribution is -2.23. The first kappa shape index (κ1) is 17.1. The van der Waals surface area contributed by atoms with Gasteiger partial charge in [-0.1, -0.05) is 24.3 Å². The summed E-state index contributed by atoms with van der Waals surface area (Å²) in [5, 5.41) is 0. The van der Waals surface area contributed by atoms with E-state index in [0.29, 0.717) is 11.1 Å². The van der Waals surface area contributed by atoms with Gasteiger partial charge in [0.15, 0.2) is 6.10 Å². The largest absolute Gasteiger partial charge is 0.451 e. The number of Topliss-reactive ketones (excluding diaryl/α,β-unsaturated/α-hetero) is 1. The standard InChI is InChI=1S/C21H19FO3/c1-14(21(24)18-9-8-16-3-2-4-17(16)13-18)25-20(23)12-7-15-5-10-19(22)11-6-15/h5-14H,2-4H2,1H3/b12-7+/t14-/m0/s1. The van der Waals surface area contributed by atoms with Gasteiger partial charge in [0.2, 0.25) is 5.78 Å². The fraction of sp³-hybridized carbons (Fsp3) is 0.238. The van der Waals surface area contributed by atoms with E-state index in [0.717, 1.165) is 19.3 Å². The molecule has 3 rings (SSSR count). The molecule has 1 atom stereocenters. The summed E-state index contributed by atoms with van der Waals surface area (Å²) in [6, 6.07) is 11.4. The van der Waals surface area contributed by atoms with Crippen LogP contribution in [-0.4, -0.2) is 17.9 Å². The minimum Gasteiger partial charge on any atom is -0.451 e. The van der Waals surface area contributed by atoms with Gasteiger partial charge in [-0.15, -0.1) is 0 Å². The topological polar surface area (TPSA) is 43.4 Å². The fourth-order valence-electron chi connectivity index (χ4n) is 2.96. The van der Waals surface area contributed by atoms with Crippen molar-refractivity contribution < 1.29 is 18.7 Å². The third-order valence-electron chi connectivity index (χ3n) is 4.33. The highest BCUT2D eigenvalue weighted by Crippen LogP contribution is 2.23. The molecule has 4 heteroatoms. The molecule has 2 aromatic carbocycles. The number of ketones is 1. The van der Waals surface area contributed by atoms with Gasteiger partial charge >= 0.3 is 5.97 Å². The Morgan fingerprint density at radius 1 is 1.08 bits per heavy atom. The van der Waals surface area contributed by atoms with E-state index in [1.165, 1.54) is 35.4 Å². The lowest BCUT2D eigenvalue weighted by atomic mass is 10.0. The molecule has 0 aromatic heterocycles. The second-order valence-corrected chi connectivity index (χ2v) is 6.17. The number of hydrogen-bond acceptors (Lipinski definition) is 3. The van der Waals surface area contributed by atoms with Crippen LogP contribution in [0.4, 0.5) is 4.39 Å². The van der Waals surface area contributed by atoms with Crippen molar-refractivity contribution >= 4 is 17.8 Å². The van der Waals surface area contributed by atoms with E-state index in [9.17, 15) is 14.0 Å². The maximum Gasteiger partial charge on any atom is 0.331 e. The number of carbonyl (C=O) groups is 2. The summed E-state index contributed by atoms with van der Waals surface area (Å²) in [7, 11) is 0. The van der Waals surface area contributed by atoms with E-state index in [4.69, 9.17) is 4.74 Å². The van der Waals surface area contributed by atoms with E-state index in [1.54, 1.807) is 25.1 Å². The van der Waals surface area contributed by atoms with Gasteiger partial charge in [0.05, 0.1) is 0 Å². The number of benzene rings is 2. The van der Waals surface area contributed by atoms with E-state index in [1.807, 2.05) is 12.1 Å². The fourth-order valence-corrected chi connectivity index (χ4v) is 2.96. The lowest BCUT2D eigenvalue weighted by Gasteiger charge is -2.12. The van der Waals surface area contributed by atoms with Gasteiger partial charge in [-0.3, -0.25) is 4.79 Å². The van der Waals surface area contributed by atoms with Crippen LogP contribution in [-0.2, 0) is 22.4 Å². The Bertz CT molecular complexity index is 822. The number of esters is 1. The van der Waals surface area contributed by atoms with Crippen molar-refractivity contribution in [3.63, 3.8) is 0 Å². The predicted molar refractivity (Wildman–Crippen MR) is 93.8 cm³/mol. The summed E-state index contributed by atoms with van der Waals surface area (Å²) in [6.45, 7) is 1.57. The molecule has 3 nitrogen and oxygen atoms in total. The SMILES string of the molecule is C[C@H](OC(=O)/C=C/c1ccc(F)cc1)C(=O)c1ccc2c(c1)CCC2. The van der Waals surface area contributed by atoms with Crippen molar-refractivity contribution in [3.8, 4) is 0 Å². The van der Waals surface area contributed by atoms with Gasteiger partial charge in [0, 0.05) is 11.6 Å². The summed E-state index contributed by atoms with van der Waals surface area (Å²) in [4.78, 5) is 24.3. The average Bonchev–Trinajstić information content (AvgIpc) is 3.08. The highest BCUT2D eigenvalue weighted by Gasteiger charge is 2.20. The van der Waals surface area contributed by atoms with Crippen LogP contribution in [0, 0.1) is 5.82 Å². The van der Waals surface area contributed by atoms with E-state index in [2.05, 4.69) is 0 Å². The van der Waals surface area contributed by atoms with Gasteiger partial charge in [-0.05, 0) is 67.2 Å². The smallest absolute Gasteiger partial charge is 0.331 e. The molecule has 0 heterocycles. The number of ether oxygens (including phenoxy) is 1. The Morgan fingerprint density at radius 2 is 1.80 bits per heavy atom. The van der Waals surface area contributed by atoms with Crippen molar-refractivity contribution in [2.24, 2.45) is 0 Å². The first-order chi connectivity index (χ1) is 12.0. The van der Waals surface area contributed by atoms with Crippen LogP contribution < -0.4 is 0 Å². The minimum absolute atomic E-state index is 0.210. The van der Waals surface area contributed by atoms with Crippen LogP contribution in [0.15, 0.2) is 48.5 Å². The van der Waals surface area contributed by atoms with Crippen molar-refractivity contribution in [2.45, 2.75) is 32.3 Å². The lowest BCUT2D eigenvalue weighted by molar-refractivity contribution is -0.140. The number of rotatable bonds is 5. The molecule has 1 aliphatic carbocycles. The summed E-state index contributed by atoms with van der Waals surface area (Å²) < 4.78 is 18.0. The van der Waals surface area contributed by atoms with Crippen molar-refractivity contribution in [1.82, 2.24) is 0 Å². The molecule has 2 aromatic rings.